The summed E-state index contributed by atoms with van der Waals surface area (Å²) in [5, 5.41) is 8.81. The van der Waals surface area contributed by atoms with Gasteiger partial charge in [0.15, 0.2) is 12.4 Å². The van der Waals surface area contributed by atoms with E-state index in [-0.39, 0.29) is 29.4 Å². The van der Waals surface area contributed by atoms with E-state index in [4.69, 9.17) is 10.00 Å². The Morgan fingerprint density at radius 2 is 2.00 bits per heavy atom. The lowest BCUT2D eigenvalue weighted by Gasteiger charge is -2.06. The molecule has 4 heteroatoms. The van der Waals surface area contributed by atoms with Gasteiger partial charge in [0.05, 0.1) is 11.1 Å². The molecule has 1 aromatic carbocycles. The molecule has 1 aromatic rings. The van der Waals surface area contributed by atoms with Crippen LogP contribution in [0.5, 0.6) is 0 Å². The Bertz CT molecular complexity index is 472. The fourth-order valence-electron chi connectivity index (χ4n) is 1.14. The highest BCUT2D eigenvalue weighted by atomic mass is 16.5. The van der Waals surface area contributed by atoms with Gasteiger partial charge in [-0.25, -0.2) is 4.79 Å². The van der Waals surface area contributed by atoms with E-state index in [9.17, 15) is 9.59 Å². The first-order valence-corrected chi connectivity index (χ1v) is 5.25. The average molecular weight is 231 g/mol. The lowest BCUT2D eigenvalue weighted by atomic mass is 10.1. The number of rotatable bonds is 4. The van der Waals surface area contributed by atoms with E-state index in [1.165, 1.54) is 12.1 Å². The van der Waals surface area contributed by atoms with Crippen molar-refractivity contribution >= 4 is 11.8 Å². The summed E-state index contributed by atoms with van der Waals surface area (Å²) < 4.78 is 4.85. The van der Waals surface area contributed by atoms with Crippen molar-refractivity contribution in [3.63, 3.8) is 0 Å². The van der Waals surface area contributed by atoms with Gasteiger partial charge in [0.1, 0.15) is 6.07 Å². The van der Waals surface area contributed by atoms with Crippen LogP contribution < -0.4 is 0 Å². The summed E-state index contributed by atoms with van der Waals surface area (Å²) in [6.45, 7) is 3.22. The molecule has 0 fully saturated rings. The molecule has 0 spiro atoms. The lowest BCUT2D eigenvalue weighted by molar-refractivity contribution is -0.125. The number of hydrogen-bond donors (Lipinski definition) is 0. The maximum atomic E-state index is 11.6. The minimum Gasteiger partial charge on any atom is -0.454 e. The molecule has 0 aliphatic heterocycles. The average Bonchev–Trinajstić information content (AvgIpc) is 2.35. The van der Waals surface area contributed by atoms with E-state index in [1.54, 1.807) is 26.0 Å². The van der Waals surface area contributed by atoms with Crippen LogP contribution in [0.2, 0.25) is 0 Å². The van der Waals surface area contributed by atoms with Crippen LogP contribution in [0.25, 0.3) is 0 Å². The van der Waals surface area contributed by atoms with Gasteiger partial charge in [-0.2, -0.15) is 5.26 Å². The molecular formula is C13H13NO3. The van der Waals surface area contributed by atoms with E-state index in [2.05, 4.69) is 0 Å². The Balaban J connectivity index is 2.71. The van der Waals surface area contributed by atoms with Gasteiger partial charge >= 0.3 is 5.97 Å². The number of carbonyl (C=O) groups is 2. The predicted octanol–water partition coefficient (Wildman–Crippen LogP) is 1.94. The fraction of sp³-hybridized carbons (Fsp3) is 0.308. The van der Waals surface area contributed by atoms with Crippen molar-refractivity contribution in [3.05, 3.63) is 35.4 Å². The van der Waals surface area contributed by atoms with Crippen molar-refractivity contribution in [1.29, 1.82) is 5.26 Å². The zero-order chi connectivity index (χ0) is 12.8. The number of benzene rings is 1. The molecule has 0 unspecified atom stereocenters. The molecule has 0 aromatic heterocycles. The second-order valence-corrected chi connectivity index (χ2v) is 3.85. The normalized spacial score (nSPS) is 9.76. The summed E-state index contributed by atoms with van der Waals surface area (Å²) in [6.07, 6.45) is 0. The monoisotopic (exact) mass is 231 g/mol. The molecule has 0 radical (unpaired) electrons. The van der Waals surface area contributed by atoms with Crippen LogP contribution in [-0.2, 0) is 9.53 Å². The maximum Gasteiger partial charge on any atom is 0.339 e. The van der Waals surface area contributed by atoms with Gasteiger partial charge in [-0.15, -0.1) is 0 Å². The molecule has 1 rings (SSSR count). The largest absolute Gasteiger partial charge is 0.454 e. The van der Waals surface area contributed by atoms with Gasteiger partial charge in [-0.3, -0.25) is 4.79 Å². The molecular weight excluding hydrogens is 218 g/mol. The molecule has 0 amide bonds. The highest BCUT2D eigenvalue weighted by Crippen LogP contribution is 2.09. The molecule has 88 valence electrons. The first-order valence-electron chi connectivity index (χ1n) is 5.25. The summed E-state index contributed by atoms with van der Waals surface area (Å²) in [4.78, 5) is 22.9. The smallest absolute Gasteiger partial charge is 0.339 e. The molecule has 4 nitrogen and oxygen atoms in total. The van der Waals surface area contributed by atoms with Crippen LogP contribution in [0.15, 0.2) is 24.3 Å². The Morgan fingerprint density at radius 3 is 2.59 bits per heavy atom. The molecule has 0 saturated heterocycles. The van der Waals surface area contributed by atoms with Crippen LogP contribution >= 0.6 is 0 Å². The van der Waals surface area contributed by atoms with Crippen molar-refractivity contribution in [3.8, 4) is 6.07 Å². The third-order valence-corrected chi connectivity index (χ3v) is 2.26. The molecule has 0 aliphatic rings. The summed E-state index contributed by atoms with van der Waals surface area (Å²) in [7, 11) is 0. The zero-order valence-electron chi connectivity index (χ0n) is 9.77. The quantitative estimate of drug-likeness (QED) is 0.742. The summed E-state index contributed by atoms with van der Waals surface area (Å²) >= 11 is 0. The highest BCUT2D eigenvalue weighted by molar-refractivity contribution is 5.94. The number of ketones is 1. The van der Waals surface area contributed by atoms with Crippen LogP contribution in [0.1, 0.15) is 29.8 Å². The standard InChI is InChI=1S/C13H13NO3/c1-9(2)12(15)8-17-13(16)11-6-4-3-5-10(11)7-14/h3-6,9H,8H2,1-2H3. The Morgan fingerprint density at radius 1 is 1.35 bits per heavy atom. The van der Waals surface area contributed by atoms with Crippen LogP contribution in [-0.4, -0.2) is 18.4 Å². The van der Waals surface area contributed by atoms with E-state index in [1.807, 2.05) is 6.07 Å². The fourth-order valence-corrected chi connectivity index (χ4v) is 1.14. The molecule has 0 heterocycles. The molecule has 0 bridgehead atoms. The van der Waals surface area contributed by atoms with Gasteiger partial charge in [0.25, 0.3) is 0 Å². The summed E-state index contributed by atoms with van der Waals surface area (Å²) in [5.41, 5.74) is 0.432. The number of nitriles is 1. The Hall–Kier alpha value is -2.15. The van der Waals surface area contributed by atoms with Crippen LogP contribution in [0.4, 0.5) is 0 Å². The Kier molecular flexibility index (Phi) is 4.41. The minimum atomic E-state index is -0.642. The van der Waals surface area contributed by atoms with Gasteiger partial charge in [0, 0.05) is 5.92 Å². The molecule has 0 aliphatic carbocycles. The molecule has 0 saturated carbocycles. The van der Waals surface area contributed by atoms with Gasteiger partial charge in [-0.1, -0.05) is 26.0 Å². The Labute approximate surface area is 99.8 Å². The van der Waals surface area contributed by atoms with Gasteiger partial charge in [0.2, 0.25) is 0 Å². The first-order chi connectivity index (χ1) is 8.06. The van der Waals surface area contributed by atoms with E-state index >= 15 is 0 Å². The van der Waals surface area contributed by atoms with Crippen molar-refractivity contribution in [2.45, 2.75) is 13.8 Å². The number of Topliss-reactive ketones (excluding diaryl/α,β-unsaturated/α-hetero) is 1. The van der Waals surface area contributed by atoms with Crippen molar-refractivity contribution < 1.29 is 14.3 Å². The predicted molar refractivity (Wildman–Crippen MR) is 61.3 cm³/mol. The second kappa shape index (κ2) is 5.80. The maximum absolute atomic E-state index is 11.6. The van der Waals surface area contributed by atoms with Crippen LogP contribution in [0.3, 0.4) is 0 Å². The topological polar surface area (TPSA) is 67.2 Å². The van der Waals surface area contributed by atoms with Crippen molar-refractivity contribution in [2.75, 3.05) is 6.61 Å². The lowest BCUT2D eigenvalue weighted by Crippen LogP contribution is -2.18. The molecule has 17 heavy (non-hydrogen) atoms. The number of carbonyl (C=O) groups excluding carboxylic acids is 2. The number of esters is 1. The van der Waals surface area contributed by atoms with E-state index in [0.717, 1.165) is 0 Å². The summed E-state index contributed by atoms with van der Waals surface area (Å²) in [6, 6.07) is 8.23. The third kappa shape index (κ3) is 3.42. The van der Waals surface area contributed by atoms with E-state index in [0.29, 0.717) is 0 Å². The summed E-state index contributed by atoms with van der Waals surface area (Å²) in [5.74, 6) is -0.960. The van der Waals surface area contributed by atoms with Gasteiger partial charge < -0.3 is 4.74 Å². The van der Waals surface area contributed by atoms with Crippen molar-refractivity contribution in [1.82, 2.24) is 0 Å². The highest BCUT2D eigenvalue weighted by Gasteiger charge is 2.15. The first kappa shape index (κ1) is 12.9. The SMILES string of the molecule is CC(C)C(=O)COC(=O)c1ccccc1C#N. The van der Waals surface area contributed by atoms with Gasteiger partial charge in [-0.05, 0) is 12.1 Å². The number of hydrogen-bond acceptors (Lipinski definition) is 4. The number of ether oxygens (including phenoxy) is 1. The molecule has 0 N–H and O–H groups in total. The second-order valence-electron chi connectivity index (χ2n) is 3.85. The van der Waals surface area contributed by atoms with Crippen molar-refractivity contribution in [2.24, 2.45) is 5.92 Å². The number of nitrogens with zero attached hydrogens (tertiary/aromatic N) is 1. The molecule has 0 atom stereocenters. The third-order valence-electron chi connectivity index (χ3n) is 2.26. The van der Waals surface area contributed by atoms with Crippen LogP contribution in [0, 0.1) is 17.2 Å². The zero-order valence-corrected chi connectivity index (χ0v) is 9.77. The minimum absolute atomic E-state index is 0.146. The van der Waals surface area contributed by atoms with E-state index < -0.39 is 5.97 Å².